The van der Waals surface area contributed by atoms with E-state index in [0.29, 0.717) is 41.1 Å². The highest BCUT2D eigenvalue weighted by Gasteiger charge is 2.28. The Morgan fingerprint density at radius 3 is 2.65 bits per heavy atom. The second-order valence-electron chi connectivity index (χ2n) is 8.15. The number of nitrogens with zero attached hydrogens (tertiary/aromatic N) is 3. The van der Waals surface area contributed by atoms with Crippen LogP contribution in [0.3, 0.4) is 0 Å². The van der Waals surface area contributed by atoms with Crippen LogP contribution in [0.5, 0.6) is 0 Å². The first-order chi connectivity index (χ1) is 16.3. The maximum absolute atomic E-state index is 14.3. The Balaban J connectivity index is 1.90. The molecule has 0 amide bonds. The van der Waals surface area contributed by atoms with Crippen molar-refractivity contribution >= 4 is 27.0 Å². The third kappa shape index (κ3) is 4.48. The van der Waals surface area contributed by atoms with Crippen molar-refractivity contribution in [1.29, 1.82) is 0 Å². The molecule has 2 heterocycles. The van der Waals surface area contributed by atoms with Crippen LogP contribution in [0, 0.1) is 6.92 Å². The Hall–Kier alpha value is -3.08. The number of fused-ring (bicyclic) bond motifs is 1. The first kappa shape index (κ1) is 24.1. The fourth-order valence-electron chi connectivity index (χ4n) is 4.24. The number of nitrogens with two attached hydrogens (primary N) is 1. The fourth-order valence-corrected chi connectivity index (χ4v) is 5.80. The van der Waals surface area contributed by atoms with Crippen LogP contribution in [0.1, 0.15) is 29.0 Å². The number of benzene rings is 2. The van der Waals surface area contributed by atoms with Crippen LogP contribution in [-0.2, 0) is 21.3 Å². The van der Waals surface area contributed by atoms with Gasteiger partial charge in [0.1, 0.15) is 11.7 Å². The number of esters is 1. The predicted molar refractivity (Wildman–Crippen MR) is 127 cm³/mol. The number of imidazole rings is 1. The highest BCUT2D eigenvalue weighted by molar-refractivity contribution is 7.89. The molecule has 10 heteroatoms. The van der Waals surface area contributed by atoms with Gasteiger partial charge in [-0.05, 0) is 55.7 Å². The largest absolute Gasteiger partial charge is 0.465 e. The molecule has 1 aliphatic heterocycles. The topological polar surface area (TPSA) is 108 Å². The monoisotopic (exact) mass is 486 g/mol. The summed E-state index contributed by atoms with van der Waals surface area (Å²) in [7, 11) is -2.35. The second-order valence-corrected chi connectivity index (χ2v) is 10.1. The molecule has 8 nitrogen and oxygen atoms in total. The van der Waals surface area contributed by atoms with E-state index in [9.17, 15) is 17.6 Å². The minimum absolute atomic E-state index is 0.0639. The summed E-state index contributed by atoms with van der Waals surface area (Å²) in [5.74, 6) is -0.444. The number of halogens is 1. The van der Waals surface area contributed by atoms with Gasteiger partial charge in [-0.25, -0.2) is 22.6 Å². The predicted octanol–water partition coefficient (Wildman–Crippen LogP) is 3.39. The van der Waals surface area contributed by atoms with E-state index >= 15 is 0 Å². The number of carbonyl (C=O) groups excluding carboxylic acids is 1. The number of methoxy groups -OCH3 is 1. The molecule has 0 unspecified atom stereocenters. The van der Waals surface area contributed by atoms with Gasteiger partial charge in [-0.3, -0.25) is 0 Å². The van der Waals surface area contributed by atoms with Gasteiger partial charge in [-0.15, -0.1) is 0 Å². The molecule has 1 saturated heterocycles. The van der Waals surface area contributed by atoms with Crippen molar-refractivity contribution in [3.8, 4) is 11.1 Å². The number of aryl methyl sites for hydroxylation is 1. The first-order valence-corrected chi connectivity index (χ1v) is 12.4. The Labute approximate surface area is 197 Å². The van der Waals surface area contributed by atoms with Gasteiger partial charge in [0.25, 0.3) is 0 Å². The summed E-state index contributed by atoms with van der Waals surface area (Å²) in [4.78, 5) is 17.2. The summed E-state index contributed by atoms with van der Waals surface area (Å²) in [6, 6.07) is 9.82. The van der Waals surface area contributed by atoms with Crippen LogP contribution < -0.4 is 5.73 Å². The Morgan fingerprint density at radius 1 is 1.24 bits per heavy atom. The van der Waals surface area contributed by atoms with Gasteiger partial charge >= 0.3 is 5.97 Å². The van der Waals surface area contributed by atoms with Crippen molar-refractivity contribution in [2.75, 3.05) is 26.7 Å². The quantitative estimate of drug-likeness (QED) is 0.513. The maximum atomic E-state index is 14.3. The molecule has 2 N–H and O–H groups in total. The molecule has 0 atom stereocenters. The molecule has 1 aliphatic rings. The highest BCUT2D eigenvalue weighted by Crippen LogP contribution is 2.33. The number of allylic oxidation sites excluding steroid dienone is 1. The maximum Gasteiger partial charge on any atom is 0.337 e. The number of hydrogen-bond donors (Lipinski definition) is 1. The number of rotatable bonds is 7. The minimum atomic E-state index is -3.63. The lowest BCUT2D eigenvalue weighted by atomic mass is 10.0. The number of hydrogen-bond acceptors (Lipinski definition) is 6. The van der Waals surface area contributed by atoms with Crippen LogP contribution in [0.4, 0.5) is 4.39 Å². The SMILES string of the molecule is COC(=O)c1cc(-c2cccc(S(=O)(=O)N3CCCC3)c2)c2nc(C)n(CC(F)=CCN)c2c1. The summed E-state index contributed by atoms with van der Waals surface area (Å²) in [6.07, 6.45) is 2.96. The zero-order valence-electron chi connectivity index (χ0n) is 19.1. The molecule has 180 valence electrons. The van der Waals surface area contributed by atoms with E-state index in [1.165, 1.54) is 17.5 Å². The van der Waals surface area contributed by atoms with Gasteiger partial charge in [0, 0.05) is 25.2 Å². The van der Waals surface area contributed by atoms with Crippen LogP contribution >= 0.6 is 0 Å². The molecule has 1 aromatic heterocycles. The Bertz CT molecular complexity index is 1380. The third-order valence-electron chi connectivity index (χ3n) is 5.96. The molecule has 0 saturated carbocycles. The molecular formula is C24H27FN4O4S. The zero-order valence-corrected chi connectivity index (χ0v) is 19.9. The second kappa shape index (κ2) is 9.65. The van der Waals surface area contributed by atoms with Gasteiger partial charge in [0.2, 0.25) is 10.0 Å². The summed E-state index contributed by atoms with van der Waals surface area (Å²) in [5.41, 5.74) is 7.88. The standard InChI is InChI=1S/C24H27FN4O4S/c1-16-27-23-21(17-6-5-7-20(12-17)34(31,32)28-10-3-4-11-28)13-18(24(30)33-2)14-22(23)29(16)15-19(25)8-9-26/h5-8,12-14H,3-4,9-11,15,26H2,1-2H3. The van der Waals surface area contributed by atoms with E-state index in [4.69, 9.17) is 10.5 Å². The molecule has 4 rings (SSSR count). The molecule has 34 heavy (non-hydrogen) atoms. The van der Waals surface area contributed by atoms with Crippen LogP contribution in [0.2, 0.25) is 0 Å². The molecule has 0 spiro atoms. The fraction of sp³-hybridized carbons (Fsp3) is 0.333. The molecule has 2 aromatic carbocycles. The van der Waals surface area contributed by atoms with E-state index in [2.05, 4.69) is 4.98 Å². The lowest BCUT2D eigenvalue weighted by Gasteiger charge is -2.16. The van der Waals surface area contributed by atoms with Crippen molar-refractivity contribution in [3.05, 3.63) is 59.7 Å². The number of ether oxygens (including phenoxy) is 1. The summed E-state index contributed by atoms with van der Waals surface area (Å²) >= 11 is 0. The Morgan fingerprint density at radius 2 is 1.97 bits per heavy atom. The zero-order chi connectivity index (χ0) is 24.5. The summed E-state index contributed by atoms with van der Waals surface area (Å²) in [6.45, 7) is 2.72. The van der Waals surface area contributed by atoms with Crippen molar-refractivity contribution in [2.24, 2.45) is 5.73 Å². The molecule has 0 bridgehead atoms. The van der Waals surface area contributed by atoms with Crippen LogP contribution in [-0.4, -0.2) is 55.0 Å². The highest BCUT2D eigenvalue weighted by atomic mass is 32.2. The van der Waals surface area contributed by atoms with E-state index in [1.54, 1.807) is 47.9 Å². The molecule has 1 fully saturated rings. The van der Waals surface area contributed by atoms with Crippen molar-refractivity contribution in [2.45, 2.75) is 31.2 Å². The van der Waals surface area contributed by atoms with E-state index < -0.39 is 21.8 Å². The van der Waals surface area contributed by atoms with Crippen LogP contribution in [0.15, 0.2) is 53.2 Å². The van der Waals surface area contributed by atoms with E-state index in [0.717, 1.165) is 12.8 Å². The van der Waals surface area contributed by atoms with E-state index in [1.807, 2.05) is 0 Å². The molecule has 0 radical (unpaired) electrons. The average molecular weight is 487 g/mol. The van der Waals surface area contributed by atoms with Crippen molar-refractivity contribution < 1.29 is 22.3 Å². The van der Waals surface area contributed by atoms with Gasteiger partial charge in [0.15, 0.2) is 0 Å². The van der Waals surface area contributed by atoms with Crippen molar-refractivity contribution in [3.63, 3.8) is 0 Å². The average Bonchev–Trinajstić information content (AvgIpc) is 3.47. The Kier molecular flexibility index (Phi) is 6.83. The number of aromatic nitrogens is 2. The van der Waals surface area contributed by atoms with Crippen molar-refractivity contribution in [1.82, 2.24) is 13.9 Å². The minimum Gasteiger partial charge on any atom is -0.465 e. The van der Waals surface area contributed by atoms with Crippen LogP contribution in [0.25, 0.3) is 22.2 Å². The first-order valence-electron chi connectivity index (χ1n) is 11.0. The summed E-state index contributed by atoms with van der Waals surface area (Å²) < 4.78 is 48.6. The summed E-state index contributed by atoms with van der Waals surface area (Å²) in [5, 5.41) is 0. The molecule has 0 aliphatic carbocycles. The lowest BCUT2D eigenvalue weighted by Crippen LogP contribution is -2.27. The molecule has 3 aromatic rings. The third-order valence-corrected chi connectivity index (χ3v) is 7.86. The smallest absolute Gasteiger partial charge is 0.337 e. The lowest BCUT2D eigenvalue weighted by molar-refractivity contribution is 0.0601. The number of sulfonamides is 1. The van der Waals surface area contributed by atoms with Gasteiger partial charge in [-0.2, -0.15) is 4.31 Å². The molecular weight excluding hydrogens is 459 g/mol. The van der Waals surface area contributed by atoms with E-state index in [-0.39, 0.29) is 23.5 Å². The van der Waals surface area contributed by atoms with Gasteiger partial charge in [-0.1, -0.05) is 12.1 Å². The van der Waals surface area contributed by atoms with Gasteiger partial charge < -0.3 is 15.0 Å². The van der Waals surface area contributed by atoms with Gasteiger partial charge in [0.05, 0.1) is 35.1 Å². The normalized spacial score (nSPS) is 15.2. The number of carbonyl (C=O) groups is 1.